The number of amides is 1. The average molecular weight is 458 g/mol. The highest BCUT2D eigenvalue weighted by atomic mass is 19.1. The number of carbonyl (C=O) groups is 1. The molecular weight excluding hydrogens is 433 g/mol. The smallest absolute Gasteiger partial charge is 0.321 e. The zero-order chi connectivity index (χ0) is 23.8. The number of halogens is 1. The highest BCUT2D eigenvalue weighted by Crippen LogP contribution is 2.22. The number of carbonyl (C=O) groups excluding carboxylic acids is 1. The maximum atomic E-state index is 13.0. The molecule has 0 aliphatic carbocycles. The van der Waals surface area contributed by atoms with Crippen molar-refractivity contribution in [3.8, 4) is 28.6 Å². The summed E-state index contributed by atoms with van der Waals surface area (Å²) in [5.41, 5.74) is 3.06. The molecule has 4 aromatic rings. The molecule has 4 rings (SSSR count). The van der Waals surface area contributed by atoms with Gasteiger partial charge in [-0.2, -0.15) is 0 Å². The average Bonchev–Trinajstić information content (AvgIpc) is 2.88. The molecule has 0 fully saturated rings. The highest BCUT2D eigenvalue weighted by molar-refractivity contribution is 5.95. The van der Waals surface area contributed by atoms with Crippen LogP contribution in [0.5, 0.6) is 17.5 Å². The van der Waals surface area contributed by atoms with E-state index in [9.17, 15) is 9.18 Å². The molecular formula is C27H24FN3O3. The van der Waals surface area contributed by atoms with E-state index >= 15 is 0 Å². The van der Waals surface area contributed by atoms with Crippen molar-refractivity contribution in [3.05, 3.63) is 102 Å². The quantitative estimate of drug-likeness (QED) is 0.344. The summed E-state index contributed by atoms with van der Waals surface area (Å²) >= 11 is 0. The fourth-order valence-corrected chi connectivity index (χ4v) is 3.17. The topological polar surface area (TPSA) is 73.3 Å². The Labute approximate surface area is 197 Å². The first kappa shape index (κ1) is 22.9. The van der Waals surface area contributed by atoms with Crippen LogP contribution in [0.2, 0.25) is 0 Å². The van der Waals surface area contributed by atoms with Crippen LogP contribution in [0.4, 0.5) is 4.39 Å². The summed E-state index contributed by atoms with van der Waals surface area (Å²) in [7, 11) is 0. The standard InChI is InChI=1S/C27H24FN3O3/c1-2-14-33-24-10-6-19(7-11-24)16-29-26(32)21-5-3-4-20(15-21)22-17-30-27(31-18-22)34-25-12-8-23(28)9-13-25/h3-13,15,17-18H,2,14,16H2,1H3,(H,29,32). The summed E-state index contributed by atoms with van der Waals surface area (Å²) in [5.74, 6) is 0.740. The van der Waals surface area contributed by atoms with Crippen LogP contribution in [-0.2, 0) is 6.54 Å². The second-order valence-electron chi connectivity index (χ2n) is 7.57. The van der Waals surface area contributed by atoms with Crippen LogP contribution in [0, 0.1) is 5.82 Å². The van der Waals surface area contributed by atoms with E-state index in [1.165, 1.54) is 24.3 Å². The van der Waals surface area contributed by atoms with Crippen molar-refractivity contribution < 1.29 is 18.7 Å². The van der Waals surface area contributed by atoms with Crippen LogP contribution in [0.15, 0.2) is 85.2 Å². The van der Waals surface area contributed by atoms with Gasteiger partial charge in [-0.05, 0) is 66.1 Å². The summed E-state index contributed by atoms with van der Waals surface area (Å²) in [6.45, 7) is 3.16. The van der Waals surface area contributed by atoms with Crippen molar-refractivity contribution in [2.24, 2.45) is 0 Å². The second kappa shape index (κ2) is 11.0. The Hall–Kier alpha value is -4.26. The molecule has 0 spiro atoms. The molecule has 0 unspecified atom stereocenters. The number of rotatable bonds is 9. The van der Waals surface area contributed by atoms with Gasteiger partial charge in [-0.25, -0.2) is 14.4 Å². The number of hydrogen-bond donors (Lipinski definition) is 1. The number of nitrogens with one attached hydrogen (secondary N) is 1. The van der Waals surface area contributed by atoms with Gasteiger partial charge in [0.05, 0.1) is 6.61 Å². The van der Waals surface area contributed by atoms with E-state index < -0.39 is 0 Å². The van der Waals surface area contributed by atoms with Gasteiger partial charge in [0.1, 0.15) is 17.3 Å². The summed E-state index contributed by atoms with van der Waals surface area (Å²) < 4.78 is 24.1. The number of benzene rings is 3. The van der Waals surface area contributed by atoms with E-state index in [1.807, 2.05) is 36.4 Å². The minimum atomic E-state index is -0.345. The lowest BCUT2D eigenvalue weighted by atomic mass is 10.1. The SMILES string of the molecule is CCCOc1ccc(CNC(=O)c2cccc(-c3cnc(Oc4ccc(F)cc4)nc3)c2)cc1. The van der Waals surface area contributed by atoms with Crippen LogP contribution in [0.3, 0.4) is 0 Å². The van der Waals surface area contributed by atoms with Crippen LogP contribution < -0.4 is 14.8 Å². The molecule has 0 bridgehead atoms. The van der Waals surface area contributed by atoms with Gasteiger partial charge in [-0.15, -0.1) is 0 Å². The Morgan fingerprint density at radius 1 is 0.912 bits per heavy atom. The highest BCUT2D eigenvalue weighted by Gasteiger charge is 2.09. The van der Waals surface area contributed by atoms with Crippen LogP contribution >= 0.6 is 0 Å². The van der Waals surface area contributed by atoms with Gasteiger partial charge >= 0.3 is 6.01 Å². The lowest BCUT2D eigenvalue weighted by molar-refractivity contribution is 0.0951. The zero-order valence-corrected chi connectivity index (χ0v) is 18.7. The van der Waals surface area contributed by atoms with E-state index in [0.29, 0.717) is 24.5 Å². The van der Waals surface area contributed by atoms with E-state index in [-0.39, 0.29) is 17.7 Å². The summed E-state index contributed by atoms with van der Waals surface area (Å²) in [6.07, 6.45) is 4.19. The third-order valence-electron chi connectivity index (χ3n) is 4.96. The predicted molar refractivity (Wildman–Crippen MR) is 127 cm³/mol. The first-order valence-corrected chi connectivity index (χ1v) is 11.0. The summed E-state index contributed by atoms with van der Waals surface area (Å²) in [6, 6.07) is 20.7. The van der Waals surface area contributed by atoms with Crippen molar-refractivity contribution in [2.45, 2.75) is 19.9 Å². The normalized spacial score (nSPS) is 10.5. The predicted octanol–water partition coefficient (Wildman–Crippen LogP) is 5.79. The largest absolute Gasteiger partial charge is 0.494 e. The van der Waals surface area contributed by atoms with Crippen molar-refractivity contribution in [2.75, 3.05) is 6.61 Å². The third-order valence-corrected chi connectivity index (χ3v) is 4.96. The van der Waals surface area contributed by atoms with Crippen molar-refractivity contribution >= 4 is 5.91 Å². The molecule has 172 valence electrons. The van der Waals surface area contributed by atoms with E-state index in [0.717, 1.165) is 28.9 Å². The fraction of sp³-hybridized carbons (Fsp3) is 0.148. The lowest BCUT2D eigenvalue weighted by Gasteiger charge is -2.09. The first-order valence-electron chi connectivity index (χ1n) is 11.0. The van der Waals surface area contributed by atoms with Gasteiger partial charge in [0, 0.05) is 30.1 Å². The van der Waals surface area contributed by atoms with E-state index in [2.05, 4.69) is 22.2 Å². The Kier molecular flexibility index (Phi) is 7.45. The molecule has 1 heterocycles. The van der Waals surface area contributed by atoms with Gasteiger partial charge < -0.3 is 14.8 Å². The van der Waals surface area contributed by atoms with Gasteiger partial charge in [-0.3, -0.25) is 4.79 Å². The van der Waals surface area contributed by atoms with Gasteiger partial charge in [0.2, 0.25) is 0 Å². The summed E-state index contributed by atoms with van der Waals surface area (Å²) in [5, 5.41) is 2.94. The van der Waals surface area contributed by atoms with Gasteiger partial charge in [0.15, 0.2) is 0 Å². The molecule has 34 heavy (non-hydrogen) atoms. The van der Waals surface area contributed by atoms with Crippen molar-refractivity contribution in [3.63, 3.8) is 0 Å². The molecule has 0 saturated carbocycles. The van der Waals surface area contributed by atoms with Crippen molar-refractivity contribution in [1.29, 1.82) is 0 Å². The van der Waals surface area contributed by atoms with Crippen molar-refractivity contribution in [1.82, 2.24) is 15.3 Å². The molecule has 0 saturated heterocycles. The second-order valence-corrected chi connectivity index (χ2v) is 7.57. The minimum absolute atomic E-state index is 0.148. The molecule has 1 aromatic heterocycles. The Balaban J connectivity index is 1.37. The van der Waals surface area contributed by atoms with E-state index in [1.54, 1.807) is 24.5 Å². The number of hydrogen-bond acceptors (Lipinski definition) is 5. The first-order chi connectivity index (χ1) is 16.6. The number of aromatic nitrogens is 2. The molecule has 0 aliphatic rings. The fourth-order valence-electron chi connectivity index (χ4n) is 3.17. The molecule has 1 amide bonds. The molecule has 7 heteroatoms. The maximum absolute atomic E-state index is 13.0. The molecule has 3 aromatic carbocycles. The third kappa shape index (κ3) is 6.16. The molecule has 0 radical (unpaired) electrons. The van der Waals surface area contributed by atoms with Crippen LogP contribution in [-0.4, -0.2) is 22.5 Å². The molecule has 0 atom stereocenters. The monoisotopic (exact) mass is 457 g/mol. The Morgan fingerprint density at radius 3 is 2.32 bits per heavy atom. The van der Waals surface area contributed by atoms with Crippen LogP contribution in [0.25, 0.3) is 11.1 Å². The maximum Gasteiger partial charge on any atom is 0.321 e. The zero-order valence-electron chi connectivity index (χ0n) is 18.7. The Bertz CT molecular complexity index is 1230. The van der Waals surface area contributed by atoms with E-state index in [4.69, 9.17) is 9.47 Å². The molecule has 0 aliphatic heterocycles. The lowest BCUT2D eigenvalue weighted by Crippen LogP contribution is -2.22. The summed E-state index contributed by atoms with van der Waals surface area (Å²) in [4.78, 5) is 21.1. The van der Waals surface area contributed by atoms with Gasteiger partial charge in [0.25, 0.3) is 5.91 Å². The Morgan fingerprint density at radius 2 is 1.62 bits per heavy atom. The number of nitrogens with zero attached hydrogens (tertiary/aromatic N) is 2. The molecule has 1 N–H and O–H groups in total. The van der Waals surface area contributed by atoms with Gasteiger partial charge in [-0.1, -0.05) is 31.2 Å². The molecule has 6 nitrogen and oxygen atoms in total. The number of ether oxygens (including phenoxy) is 2. The van der Waals surface area contributed by atoms with Crippen LogP contribution in [0.1, 0.15) is 29.3 Å². The minimum Gasteiger partial charge on any atom is -0.494 e.